The number of hydrogen-bond acceptors (Lipinski definition) is 8. The van der Waals surface area contributed by atoms with Gasteiger partial charge in [-0.2, -0.15) is 0 Å². The van der Waals surface area contributed by atoms with Crippen molar-refractivity contribution in [3.8, 4) is 0 Å². The minimum absolute atomic E-state index is 0.00919. The molecule has 15 nitrogen and oxygen atoms in total. The monoisotopic (exact) mass is 447 g/mol. The third kappa shape index (κ3) is 11.3. The number of aliphatic imine (C=N–C) groups is 1. The number of carbonyl (C=O) groups is 5. The van der Waals surface area contributed by atoms with E-state index in [4.69, 9.17) is 27.4 Å². The molecule has 0 radical (unpaired) electrons. The van der Waals surface area contributed by atoms with Crippen molar-refractivity contribution in [3.05, 3.63) is 0 Å². The van der Waals surface area contributed by atoms with Crippen LogP contribution < -0.4 is 33.2 Å². The van der Waals surface area contributed by atoms with Crippen molar-refractivity contribution in [1.82, 2.24) is 16.0 Å². The van der Waals surface area contributed by atoms with E-state index in [1.54, 1.807) is 0 Å². The second-order valence-corrected chi connectivity index (χ2v) is 6.53. The predicted octanol–water partition coefficient (Wildman–Crippen LogP) is -4.61. The molecule has 0 aromatic heterocycles. The first-order valence-electron chi connectivity index (χ1n) is 9.16. The van der Waals surface area contributed by atoms with Crippen molar-refractivity contribution in [3.63, 3.8) is 0 Å². The molecule has 0 heterocycles. The zero-order valence-electron chi connectivity index (χ0n) is 16.9. The van der Waals surface area contributed by atoms with Gasteiger partial charge < -0.3 is 48.5 Å². The van der Waals surface area contributed by atoms with Crippen LogP contribution in [-0.4, -0.2) is 88.3 Å². The highest BCUT2D eigenvalue weighted by Crippen LogP contribution is 2.01. The van der Waals surface area contributed by atoms with Crippen LogP contribution in [0.2, 0.25) is 0 Å². The van der Waals surface area contributed by atoms with E-state index in [1.165, 1.54) is 6.92 Å². The van der Waals surface area contributed by atoms with Crippen LogP contribution in [0.4, 0.5) is 0 Å². The smallest absolute Gasteiger partial charge is 0.326 e. The zero-order chi connectivity index (χ0) is 24.1. The van der Waals surface area contributed by atoms with Gasteiger partial charge in [-0.15, -0.1) is 0 Å². The van der Waals surface area contributed by atoms with Gasteiger partial charge in [-0.1, -0.05) is 0 Å². The van der Waals surface area contributed by atoms with E-state index in [2.05, 4.69) is 20.9 Å². The van der Waals surface area contributed by atoms with E-state index in [0.717, 1.165) is 0 Å². The highest BCUT2D eigenvalue weighted by atomic mass is 16.4. The molecule has 0 saturated carbocycles. The van der Waals surface area contributed by atoms with Crippen LogP contribution in [0.1, 0.15) is 26.2 Å². The molecule has 0 aliphatic carbocycles. The van der Waals surface area contributed by atoms with E-state index in [9.17, 15) is 29.1 Å². The van der Waals surface area contributed by atoms with Crippen molar-refractivity contribution in [2.24, 2.45) is 22.2 Å². The Hall–Kier alpha value is -3.46. The van der Waals surface area contributed by atoms with Crippen molar-refractivity contribution >= 4 is 35.6 Å². The summed E-state index contributed by atoms with van der Waals surface area (Å²) >= 11 is 0. The molecule has 4 unspecified atom stereocenters. The number of nitrogens with two attached hydrogens (primary N) is 3. The van der Waals surface area contributed by atoms with Crippen molar-refractivity contribution in [2.75, 3.05) is 13.2 Å². The van der Waals surface area contributed by atoms with Crippen molar-refractivity contribution < 1.29 is 39.3 Å². The van der Waals surface area contributed by atoms with Crippen LogP contribution in [-0.2, 0) is 24.0 Å². The molecule has 12 N–H and O–H groups in total. The first-order valence-corrected chi connectivity index (χ1v) is 9.16. The van der Waals surface area contributed by atoms with E-state index in [-0.39, 0.29) is 25.3 Å². The maximum Gasteiger partial charge on any atom is 0.326 e. The summed E-state index contributed by atoms with van der Waals surface area (Å²) in [6.07, 6.45) is -0.546. The van der Waals surface area contributed by atoms with Gasteiger partial charge >= 0.3 is 11.9 Å². The summed E-state index contributed by atoms with van der Waals surface area (Å²) in [5.74, 6) is -5.71. The van der Waals surface area contributed by atoms with Gasteiger partial charge in [-0.3, -0.25) is 24.2 Å². The number of nitrogens with one attached hydrogen (secondary N) is 3. The standard InChI is InChI=1S/C16H29N7O8/c1-7(12(27)22-9(15(30)31)3-2-4-20-16(18)19)21-14(29)10(5-11(25)26)23-13(28)8(17)6-24/h7-10,24H,2-6,17H2,1H3,(H,21,29)(H,22,27)(H,23,28)(H,25,26)(H,30,31)(H4,18,19,20). The first-order chi connectivity index (χ1) is 14.4. The fourth-order valence-electron chi connectivity index (χ4n) is 2.18. The third-order valence-electron chi connectivity index (χ3n) is 3.86. The summed E-state index contributed by atoms with van der Waals surface area (Å²) in [4.78, 5) is 62.3. The van der Waals surface area contributed by atoms with E-state index < -0.39 is 66.9 Å². The maximum atomic E-state index is 12.3. The number of carboxylic acids is 2. The Kier molecular flexibility index (Phi) is 12.2. The highest BCUT2D eigenvalue weighted by molar-refractivity contribution is 5.95. The summed E-state index contributed by atoms with van der Waals surface area (Å²) in [5.41, 5.74) is 15.6. The summed E-state index contributed by atoms with van der Waals surface area (Å²) in [7, 11) is 0. The summed E-state index contributed by atoms with van der Waals surface area (Å²) in [5, 5.41) is 33.5. The number of carboxylic acid groups (broad SMARTS) is 2. The number of guanidine groups is 1. The lowest BCUT2D eigenvalue weighted by atomic mass is 10.1. The molecule has 3 amide bonds. The van der Waals surface area contributed by atoms with Crippen LogP contribution in [0.25, 0.3) is 0 Å². The molecule has 0 fully saturated rings. The van der Waals surface area contributed by atoms with Gasteiger partial charge in [0.05, 0.1) is 13.0 Å². The van der Waals surface area contributed by atoms with Gasteiger partial charge in [-0.25, -0.2) is 4.79 Å². The molecule has 4 atom stereocenters. The van der Waals surface area contributed by atoms with E-state index >= 15 is 0 Å². The Balaban J connectivity index is 4.97. The number of rotatable bonds is 14. The summed E-state index contributed by atoms with van der Waals surface area (Å²) in [6.45, 7) is 0.664. The second-order valence-electron chi connectivity index (χ2n) is 6.53. The Bertz CT molecular complexity index is 695. The molecule has 31 heavy (non-hydrogen) atoms. The molecule has 15 heteroatoms. The molecule has 0 saturated heterocycles. The summed E-state index contributed by atoms with van der Waals surface area (Å²) in [6, 6.07) is -5.49. The Morgan fingerprint density at radius 1 is 0.935 bits per heavy atom. The van der Waals surface area contributed by atoms with Crippen LogP contribution in [0, 0.1) is 0 Å². The van der Waals surface area contributed by atoms with Crippen molar-refractivity contribution in [1.29, 1.82) is 0 Å². The molecule has 0 aliphatic heterocycles. The molecule has 0 spiro atoms. The molecular weight excluding hydrogens is 418 g/mol. The molecule has 0 aliphatic rings. The van der Waals surface area contributed by atoms with Gasteiger partial charge in [0.1, 0.15) is 24.2 Å². The number of aliphatic hydroxyl groups is 1. The number of aliphatic carboxylic acids is 2. The molecule has 0 bridgehead atoms. The number of carbonyl (C=O) groups excluding carboxylic acids is 3. The SMILES string of the molecule is CC(NC(=O)C(CC(=O)O)NC(=O)C(N)CO)C(=O)NC(CCCN=C(N)N)C(=O)O. The number of nitrogens with zero attached hydrogens (tertiary/aromatic N) is 1. The first kappa shape index (κ1) is 27.5. The number of amides is 3. The molecule has 0 rings (SSSR count). The van der Waals surface area contributed by atoms with Gasteiger partial charge in [0.2, 0.25) is 17.7 Å². The fraction of sp³-hybridized carbons (Fsp3) is 0.625. The molecular formula is C16H29N7O8. The highest BCUT2D eigenvalue weighted by Gasteiger charge is 2.29. The van der Waals surface area contributed by atoms with Crippen LogP contribution in [0.15, 0.2) is 4.99 Å². The second kappa shape index (κ2) is 13.7. The normalized spacial score (nSPS) is 14.3. The fourth-order valence-corrected chi connectivity index (χ4v) is 2.18. The van der Waals surface area contributed by atoms with E-state index in [0.29, 0.717) is 0 Å². The average molecular weight is 447 g/mol. The predicted molar refractivity (Wildman–Crippen MR) is 106 cm³/mol. The van der Waals surface area contributed by atoms with Gasteiger partial charge in [-0.05, 0) is 19.8 Å². The van der Waals surface area contributed by atoms with E-state index in [1.807, 2.05) is 0 Å². The minimum Gasteiger partial charge on any atom is -0.481 e. The maximum absolute atomic E-state index is 12.3. The number of hydrogen-bond donors (Lipinski definition) is 9. The van der Waals surface area contributed by atoms with Gasteiger partial charge in [0, 0.05) is 6.54 Å². The van der Waals surface area contributed by atoms with Crippen molar-refractivity contribution in [2.45, 2.75) is 50.4 Å². The Morgan fingerprint density at radius 3 is 2.00 bits per heavy atom. The number of aliphatic hydroxyl groups excluding tert-OH is 1. The van der Waals surface area contributed by atoms with Gasteiger partial charge in [0.15, 0.2) is 5.96 Å². The lowest BCUT2D eigenvalue weighted by molar-refractivity contribution is -0.143. The average Bonchev–Trinajstić information content (AvgIpc) is 2.67. The lowest BCUT2D eigenvalue weighted by Crippen LogP contribution is -2.57. The molecule has 0 aromatic carbocycles. The molecule has 0 aromatic rings. The third-order valence-corrected chi connectivity index (χ3v) is 3.86. The van der Waals surface area contributed by atoms with Crippen LogP contribution in [0.3, 0.4) is 0 Å². The lowest BCUT2D eigenvalue weighted by Gasteiger charge is -2.22. The quantitative estimate of drug-likeness (QED) is 0.0693. The molecule has 176 valence electrons. The largest absolute Gasteiger partial charge is 0.481 e. The van der Waals surface area contributed by atoms with Crippen LogP contribution in [0.5, 0.6) is 0 Å². The van der Waals surface area contributed by atoms with Crippen LogP contribution >= 0.6 is 0 Å². The Labute approximate surface area is 177 Å². The minimum atomic E-state index is -1.58. The Morgan fingerprint density at radius 2 is 1.52 bits per heavy atom. The topological polar surface area (TPSA) is 273 Å². The zero-order valence-corrected chi connectivity index (χ0v) is 16.9. The van der Waals surface area contributed by atoms with Gasteiger partial charge in [0.25, 0.3) is 0 Å². The summed E-state index contributed by atoms with van der Waals surface area (Å²) < 4.78 is 0.